The fourth-order valence-electron chi connectivity index (χ4n) is 1.75. The molecular formula is C16H18N2. The van der Waals surface area contributed by atoms with Crippen LogP contribution in [0.1, 0.15) is 12.5 Å². The summed E-state index contributed by atoms with van der Waals surface area (Å²) in [7, 11) is 0. The minimum Gasteiger partial charge on any atom is -0.387 e. The number of nitrogens with zero attached hydrogens (tertiary/aromatic N) is 1. The topological polar surface area (TPSA) is 24.4 Å². The highest BCUT2D eigenvalue weighted by molar-refractivity contribution is 6.10. The van der Waals surface area contributed by atoms with Gasteiger partial charge in [0.15, 0.2) is 0 Å². The molecule has 1 aromatic carbocycles. The molecule has 2 heteroatoms. The summed E-state index contributed by atoms with van der Waals surface area (Å²) in [5, 5.41) is 3.25. The van der Waals surface area contributed by atoms with E-state index in [0.29, 0.717) is 0 Å². The van der Waals surface area contributed by atoms with Crippen LogP contribution in [0, 0.1) is 0 Å². The van der Waals surface area contributed by atoms with Crippen LogP contribution in [0.2, 0.25) is 0 Å². The lowest BCUT2D eigenvalue weighted by Crippen LogP contribution is -2.10. The van der Waals surface area contributed by atoms with Crippen molar-refractivity contribution in [1.29, 1.82) is 0 Å². The van der Waals surface area contributed by atoms with Crippen molar-refractivity contribution in [1.82, 2.24) is 5.32 Å². The van der Waals surface area contributed by atoms with Crippen molar-refractivity contribution in [3.05, 3.63) is 72.0 Å². The van der Waals surface area contributed by atoms with E-state index >= 15 is 0 Å². The van der Waals surface area contributed by atoms with Crippen LogP contribution in [0.3, 0.4) is 0 Å². The van der Waals surface area contributed by atoms with Crippen molar-refractivity contribution in [2.75, 3.05) is 13.1 Å². The standard InChI is InChI=1S/C16H18N2/c1-13(2)8-9-17-11-14-10-16(18-12-14)15-6-4-3-5-7-15/h3-10,17H,1,11-12H2,2H3/b9-8+. The molecule has 1 aromatic rings. The molecule has 0 bridgehead atoms. The number of allylic oxidation sites excluding steroid dienone is 3. The van der Waals surface area contributed by atoms with Crippen LogP contribution in [0.25, 0.3) is 0 Å². The number of hydrogen-bond donors (Lipinski definition) is 1. The van der Waals surface area contributed by atoms with Crippen molar-refractivity contribution >= 4 is 5.71 Å². The van der Waals surface area contributed by atoms with Crippen molar-refractivity contribution in [3.8, 4) is 0 Å². The highest BCUT2D eigenvalue weighted by Crippen LogP contribution is 2.11. The van der Waals surface area contributed by atoms with Crippen LogP contribution < -0.4 is 5.32 Å². The molecule has 0 atom stereocenters. The Hall–Kier alpha value is -2.09. The maximum Gasteiger partial charge on any atom is 0.0651 e. The van der Waals surface area contributed by atoms with Gasteiger partial charge in [0, 0.05) is 6.54 Å². The SMILES string of the molecule is C=C(C)/C=C/NCC1=CC(c2ccccc2)=NC1. The van der Waals surface area contributed by atoms with Crippen molar-refractivity contribution < 1.29 is 0 Å². The van der Waals surface area contributed by atoms with Gasteiger partial charge < -0.3 is 5.32 Å². The summed E-state index contributed by atoms with van der Waals surface area (Å²) in [6.07, 6.45) is 6.06. The monoisotopic (exact) mass is 238 g/mol. The highest BCUT2D eigenvalue weighted by atomic mass is 14.9. The molecule has 18 heavy (non-hydrogen) atoms. The van der Waals surface area contributed by atoms with Crippen LogP contribution >= 0.6 is 0 Å². The van der Waals surface area contributed by atoms with E-state index in [1.54, 1.807) is 0 Å². The summed E-state index contributed by atoms with van der Waals surface area (Å²) in [6.45, 7) is 7.41. The molecule has 0 fully saturated rings. The predicted molar refractivity (Wildman–Crippen MR) is 77.9 cm³/mol. The summed E-state index contributed by atoms with van der Waals surface area (Å²) in [5.74, 6) is 0. The van der Waals surface area contributed by atoms with Gasteiger partial charge >= 0.3 is 0 Å². The van der Waals surface area contributed by atoms with E-state index in [2.05, 4.69) is 35.1 Å². The third-order valence-corrected chi connectivity index (χ3v) is 2.68. The van der Waals surface area contributed by atoms with E-state index in [-0.39, 0.29) is 0 Å². The van der Waals surface area contributed by atoms with E-state index in [4.69, 9.17) is 0 Å². The molecule has 1 N–H and O–H groups in total. The average Bonchev–Trinajstić information content (AvgIpc) is 2.84. The first-order valence-electron chi connectivity index (χ1n) is 6.10. The van der Waals surface area contributed by atoms with Gasteiger partial charge in [0.25, 0.3) is 0 Å². The Bertz CT molecular complexity index is 507. The van der Waals surface area contributed by atoms with Gasteiger partial charge in [-0.05, 0) is 36.4 Å². The molecular weight excluding hydrogens is 220 g/mol. The zero-order chi connectivity index (χ0) is 12.8. The first-order valence-corrected chi connectivity index (χ1v) is 6.10. The Balaban J connectivity index is 1.90. The van der Waals surface area contributed by atoms with Gasteiger partial charge in [0.05, 0.1) is 12.3 Å². The Morgan fingerprint density at radius 2 is 2.17 bits per heavy atom. The summed E-state index contributed by atoms with van der Waals surface area (Å²) >= 11 is 0. The fraction of sp³-hybridized carbons (Fsp3) is 0.188. The normalized spacial score (nSPS) is 14.5. The molecule has 0 aromatic heterocycles. The predicted octanol–water partition coefficient (Wildman–Crippen LogP) is 3.10. The number of rotatable bonds is 5. The van der Waals surface area contributed by atoms with Gasteiger partial charge in [-0.15, -0.1) is 0 Å². The van der Waals surface area contributed by atoms with Crippen LogP contribution in [-0.2, 0) is 0 Å². The summed E-state index contributed by atoms with van der Waals surface area (Å²) in [6, 6.07) is 10.3. The average molecular weight is 238 g/mol. The molecule has 2 rings (SSSR count). The zero-order valence-electron chi connectivity index (χ0n) is 10.7. The minimum atomic E-state index is 0.790. The fourth-order valence-corrected chi connectivity index (χ4v) is 1.75. The Kier molecular flexibility index (Phi) is 4.13. The second-order valence-corrected chi connectivity index (χ2v) is 4.43. The quantitative estimate of drug-likeness (QED) is 0.783. The lowest BCUT2D eigenvalue weighted by molar-refractivity contribution is 0.914. The number of nitrogens with one attached hydrogen (secondary N) is 1. The lowest BCUT2D eigenvalue weighted by atomic mass is 10.1. The second kappa shape index (κ2) is 6.01. The van der Waals surface area contributed by atoms with Gasteiger partial charge in [-0.3, -0.25) is 4.99 Å². The molecule has 0 unspecified atom stereocenters. The third-order valence-electron chi connectivity index (χ3n) is 2.68. The van der Waals surface area contributed by atoms with E-state index in [0.717, 1.165) is 24.4 Å². The smallest absolute Gasteiger partial charge is 0.0651 e. The molecule has 92 valence electrons. The van der Waals surface area contributed by atoms with Crippen LogP contribution in [0.5, 0.6) is 0 Å². The van der Waals surface area contributed by atoms with Crippen molar-refractivity contribution in [2.45, 2.75) is 6.92 Å². The summed E-state index contributed by atoms with van der Waals surface area (Å²) < 4.78 is 0. The third kappa shape index (κ3) is 3.45. The van der Waals surface area contributed by atoms with E-state index in [1.807, 2.05) is 37.4 Å². The van der Waals surface area contributed by atoms with Gasteiger partial charge in [0.2, 0.25) is 0 Å². The Morgan fingerprint density at radius 3 is 2.89 bits per heavy atom. The maximum atomic E-state index is 4.54. The maximum absolute atomic E-state index is 4.54. The molecule has 0 spiro atoms. The molecule has 1 aliphatic heterocycles. The second-order valence-electron chi connectivity index (χ2n) is 4.43. The molecule has 0 aliphatic carbocycles. The minimum absolute atomic E-state index is 0.790. The molecule has 0 radical (unpaired) electrons. The highest BCUT2D eigenvalue weighted by Gasteiger charge is 2.08. The molecule has 2 nitrogen and oxygen atoms in total. The number of hydrogen-bond acceptors (Lipinski definition) is 2. The van der Waals surface area contributed by atoms with Gasteiger partial charge in [-0.1, -0.05) is 42.5 Å². The Labute approximate surface area is 108 Å². The first-order chi connectivity index (χ1) is 8.75. The molecule has 0 saturated carbocycles. The van der Waals surface area contributed by atoms with E-state index in [1.165, 1.54) is 11.1 Å². The summed E-state index contributed by atoms with van der Waals surface area (Å²) in [4.78, 5) is 4.54. The number of benzene rings is 1. The van der Waals surface area contributed by atoms with Crippen LogP contribution in [0.15, 0.2) is 71.4 Å². The Morgan fingerprint density at radius 1 is 1.39 bits per heavy atom. The van der Waals surface area contributed by atoms with Crippen LogP contribution in [0.4, 0.5) is 0 Å². The largest absolute Gasteiger partial charge is 0.387 e. The first kappa shape index (κ1) is 12.4. The van der Waals surface area contributed by atoms with E-state index < -0.39 is 0 Å². The summed E-state index contributed by atoms with van der Waals surface area (Å²) in [5.41, 5.74) is 4.62. The number of aliphatic imine (C=N–C) groups is 1. The van der Waals surface area contributed by atoms with E-state index in [9.17, 15) is 0 Å². The molecule has 0 saturated heterocycles. The molecule has 0 amide bonds. The molecule has 1 heterocycles. The van der Waals surface area contributed by atoms with Gasteiger partial charge in [-0.2, -0.15) is 0 Å². The lowest BCUT2D eigenvalue weighted by Gasteiger charge is -2.00. The molecule has 1 aliphatic rings. The van der Waals surface area contributed by atoms with Gasteiger partial charge in [0.1, 0.15) is 0 Å². The van der Waals surface area contributed by atoms with Gasteiger partial charge in [-0.25, -0.2) is 0 Å². The van der Waals surface area contributed by atoms with Crippen molar-refractivity contribution in [3.63, 3.8) is 0 Å². The van der Waals surface area contributed by atoms with Crippen LogP contribution in [-0.4, -0.2) is 18.8 Å². The van der Waals surface area contributed by atoms with Crippen molar-refractivity contribution in [2.24, 2.45) is 4.99 Å². The zero-order valence-corrected chi connectivity index (χ0v) is 10.7.